The molecule has 8 nitrogen and oxygen atoms in total. The third-order valence-corrected chi connectivity index (χ3v) is 2.18. The van der Waals surface area contributed by atoms with Gasteiger partial charge in [0.25, 0.3) is 6.29 Å². The zero-order valence-electron chi connectivity index (χ0n) is 11.2. The quantitative estimate of drug-likeness (QED) is 0.399. The van der Waals surface area contributed by atoms with E-state index in [2.05, 4.69) is 0 Å². The maximum atomic E-state index is 11.1. The fourth-order valence-electron chi connectivity index (χ4n) is 1.58. The molecule has 1 heterocycles. The lowest BCUT2D eigenvalue weighted by Gasteiger charge is -2.33. The number of carbonyl (C=O) groups is 4. The van der Waals surface area contributed by atoms with Gasteiger partial charge in [0.05, 0.1) is 0 Å². The van der Waals surface area contributed by atoms with Crippen LogP contribution in [-0.4, -0.2) is 42.7 Å². The van der Waals surface area contributed by atoms with Crippen molar-refractivity contribution >= 4 is 24.2 Å². The highest BCUT2D eigenvalue weighted by molar-refractivity contribution is 5.72. The summed E-state index contributed by atoms with van der Waals surface area (Å²) in [5, 5.41) is 0. The number of aldehydes is 1. The van der Waals surface area contributed by atoms with Gasteiger partial charge in [-0.25, -0.2) is 0 Å². The zero-order valence-corrected chi connectivity index (χ0v) is 11.2. The molecule has 1 aliphatic rings. The average Bonchev–Trinajstić information content (AvgIpc) is 2.30. The van der Waals surface area contributed by atoms with Gasteiger partial charge in [-0.3, -0.25) is 19.2 Å². The van der Waals surface area contributed by atoms with E-state index in [1.165, 1.54) is 6.08 Å². The predicted octanol–water partition coefficient (Wildman–Crippen LogP) is -0.148. The highest BCUT2D eigenvalue weighted by atomic mass is 16.7. The molecule has 0 spiro atoms. The molecule has 0 aliphatic carbocycles. The van der Waals surface area contributed by atoms with Gasteiger partial charge in [-0.2, -0.15) is 0 Å². The van der Waals surface area contributed by atoms with E-state index < -0.39 is 36.4 Å². The smallest absolute Gasteiger partial charge is 0.305 e. The van der Waals surface area contributed by atoms with Crippen molar-refractivity contribution in [3.8, 4) is 0 Å². The summed E-state index contributed by atoms with van der Waals surface area (Å²) in [4.78, 5) is 43.9. The van der Waals surface area contributed by atoms with Gasteiger partial charge in [0, 0.05) is 26.8 Å². The van der Waals surface area contributed by atoms with Crippen molar-refractivity contribution in [2.45, 2.75) is 39.3 Å². The van der Waals surface area contributed by atoms with Gasteiger partial charge < -0.3 is 18.9 Å². The van der Waals surface area contributed by atoms with Crippen LogP contribution in [0, 0.1) is 0 Å². The summed E-state index contributed by atoms with van der Waals surface area (Å²) in [5.41, 5.74) is 0. The molecule has 0 fully saturated rings. The van der Waals surface area contributed by atoms with Crippen molar-refractivity contribution in [2.24, 2.45) is 0 Å². The van der Waals surface area contributed by atoms with Gasteiger partial charge in [-0.1, -0.05) is 0 Å². The number of allylic oxidation sites excluding steroid dienone is 1. The van der Waals surface area contributed by atoms with Crippen LogP contribution < -0.4 is 0 Å². The first-order valence-corrected chi connectivity index (χ1v) is 5.68. The number of carbonyl (C=O) groups excluding carboxylic acids is 4. The van der Waals surface area contributed by atoms with E-state index in [-0.39, 0.29) is 5.76 Å². The van der Waals surface area contributed by atoms with Crippen LogP contribution in [0.1, 0.15) is 20.8 Å². The van der Waals surface area contributed by atoms with Gasteiger partial charge in [-0.15, -0.1) is 0 Å². The van der Waals surface area contributed by atoms with E-state index in [9.17, 15) is 19.2 Å². The topological polar surface area (TPSA) is 105 Å². The summed E-state index contributed by atoms with van der Waals surface area (Å²) in [6.45, 7) is 3.40. The van der Waals surface area contributed by atoms with Gasteiger partial charge >= 0.3 is 17.9 Å². The summed E-state index contributed by atoms with van der Waals surface area (Å²) in [5.74, 6) is -2.24. The molecule has 1 aliphatic heterocycles. The summed E-state index contributed by atoms with van der Waals surface area (Å²) < 4.78 is 19.7. The number of hydrogen-bond acceptors (Lipinski definition) is 8. The molecule has 0 amide bonds. The Kier molecular flexibility index (Phi) is 5.24. The normalized spacial score (nSPS) is 24.8. The van der Waals surface area contributed by atoms with Gasteiger partial charge in [-0.05, 0) is 0 Å². The molecular weight excluding hydrogens is 272 g/mol. The molecule has 0 bridgehead atoms. The number of ether oxygens (including phenoxy) is 4. The van der Waals surface area contributed by atoms with Crippen LogP contribution in [0.2, 0.25) is 0 Å². The minimum atomic E-state index is -1.37. The highest BCUT2D eigenvalue weighted by Gasteiger charge is 2.41. The molecule has 0 unspecified atom stereocenters. The Balaban J connectivity index is 3.05. The molecular formula is C12H14O8. The number of rotatable bonds is 4. The third-order valence-electron chi connectivity index (χ3n) is 2.18. The molecule has 0 aromatic rings. The van der Waals surface area contributed by atoms with E-state index >= 15 is 0 Å². The first kappa shape index (κ1) is 15.7. The minimum absolute atomic E-state index is 0.189. The van der Waals surface area contributed by atoms with Gasteiger partial charge in [0.15, 0.2) is 18.1 Å². The number of esters is 3. The molecule has 0 saturated carbocycles. The fourth-order valence-corrected chi connectivity index (χ4v) is 1.58. The molecule has 0 aromatic carbocycles. The SMILES string of the molecule is CC(=O)O[C@@H]1OC(C=O)=C[C@H](OC(C)=O)[C@H]1OC(C)=O. The Morgan fingerprint density at radius 3 is 2.05 bits per heavy atom. The average molecular weight is 286 g/mol. The van der Waals surface area contributed by atoms with Gasteiger partial charge in [0.1, 0.15) is 0 Å². The molecule has 3 atom stereocenters. The highest BCUT2D eigenvalue weighted by Crippen LogP contribution is 2.23. The van der Waals surface area contributed by atoms with E-state index in [1.54, 1.807) is 0 Å². The van der Waals surface area contributed by atoms with Crippen molar-refractivity contribution in [1.82, 2.24) is 0 Å². The van der Waals surface area contributed by atoms with Crippen LogP contribution in [0.3, 0.4) is 0 Å². The lowest BCUT2D eigenvalue weighted by Crippen LogP contribution is -2.48. The summed E-state index contributed by atoms with van der Waals surface area (Å²) >= 11 is 0. The second-order valence-corrected chi connectivity index (χ2v) is 3.93. The second kappa shape index (κ2) is 6.69. The van der Waals surface area contributed by atoms with Crippen LogP contribution in [-0.2, 0) is 38.1 Å². The first-order valence-electron chi connectivity index (χ1n) is 5.68. The Morgan fingerprint density at radius 2 is 1.60 bits per heavy atom. The summed E-state index contributed by atoms with van der Waals surface area (Å²) in [6.07, 6.45) is -2.12. The fraction of sp³-hybridized carbons (Fsp3) is 0.500. The lowest BCUT2D eigenvalue weighted by molar-refractivity contribution is -0.221. The van der Waals surface area contributed by atoms with E-state index in [0.717, 1.165) is 20.8 Å². The van der Waals surface area contributed by atoms with Crippen molar-refractivity contribution in [1.29, 1.82) is 0 Å². The minimum Gasteiger partial charge on any atom is -0.454 e. The summed E-state index contributed by atoms with van der Waals surface area (Å²) in [7, 11) is 0. The van der Waals surface area contributed by atoms with E-state index in [1.807, 2.05) is 0 Å². The predicted molar refractivity (Wildman–Crippen MR) is 61.9 cm³/mol. The zero-order chi connectivity index (χ0) is 15.3. The maximum absolute atomic E-state index is 11.1. The van der Waals surface area contributed by atoms with Crippen LogP contribution in [0.25, 0.3) is 0 Å². The molecule has 0 radical (unpaired) electrons. The second-order valence-electron chi connectivity index (χ2n) is 3.93. The monoisotopic (exact) mass is 286 g/mol. The van der Waals surface area contributed by atoms with E-state index in [0.29, 0.717) is 6.29 Å². The molecule has 8 heteroatoms. The molecule has 20 heavy (non-hydrogen) atoms. The Morgan fingerprint density at radius 1 is 1.05 bits per heavy atom. The van der Waals surface area contributed by atoms with E-state index in [4.69, 9.17) is 18.9 Å². The Hall–Kier alpha value is -2.38. The molecule has 110 valence electrons. The number of hydrogen-bond donors (Lipinski definition) is 0. The largest absolute Gasteiger partial charge is 0.454 e. The van der Waals surface area contributed by atoms with Crippen molar-refractivity contribution < 1.29 is 38.1 Å². The molecule has 1 rings (SSSR count). The van der Waals surface area contributed by atoms with Crippen LogP contribution in [0.5, 0.6) is 0 Å². The Bertz CT molecular complexity index is 452. The third kappa shape index (κ3) is 4.38. The van der Waals surface area contributed by atoms with Crippen molar-refractivity contribution in [3.63, 3.8) is 0 Å². The van der Waals surface area contributed by atoms with Crippen molar-refractivity contribution in [2.75, 3.05) is 0 Å². The van der Waals surface area contributed by atoms with Crippen LogP contribution in [0.4, 0.5) is 0 Å². The summed E-state index contributed by atoms with van der Waals surface area (Å²) in [6, 6.07) is 0. The van der Waals surface area contributed by atoms with Gasteiger partial charge in [0.2, 0.25) is 6.10 Å². The Labute approximate surface area is 114 Å². The lowest BCUT2D eigenvalue weighted by atomic mass is 10.1. The van der Waals surface area contributed by atoms with Crippen LogP contribution in [0.15, 0.2) is 11.8 Å². The molecule has 0 aromatic heterocycles. The first-order chi connectivity index (χ1) is 9.33. The standard InChI is InChI=1S/C12H14O8/c1-6(14)17-10-4-9(5-13)20-12(19-8(3)16)11(10)18-7(2)15/h4-5,10-12H,1-3H3/t10-,11+,12+/m0/s1. The molecule has 0 N–H and O–H groups in total. The van der Waals surface area contributed by atoms with Crippen LogP contribution >= 0.6 is 0 Å². The molecule has 0 saturated heterocycles. The van der Waals surface area contributed by atoms with Crippen molar-refractivity contribution in [3.05, 3.63) is 11.8 Å². The maximum Gasteiger partial charge on any atom is 0.305 e.